The zero-order valence-corrected chi connectivity index (χ0v) is 20.2. The number of hydrogen-bond donors (Lipinski definition) is 3. The highest BCUT2D eigenvalue weighted by atomic mass is 32.2. The summed E-state index contributed by atoms with van der Waals surface area (Å²) >= 11 is 1.50. The van der Waals surface area contributed by atoms with E-state index in [1.54, 1.807) is 31.2 Å². The van der Waals surface area contributed by atoms with Crippen LogP contribution < -0.4 is 14.8 Å². The van der Waals surface area contributed by atoms with Crippen molar-refractivity contribution in [1.29, 1.82) is 0 Å². The van der Waals surface area contributed by atoms with Gasteiger partial charge >= 0.3 is 0 Å². The van der Waals surface area contributed by atoms with Gasteiger partial charge in [0.15, 0.2) is 0 Å². The minimum absolute atomic E-state index is 0.0787. The lowest BCUT2D eigenvalue weighted by Gasteiger charge is -2.19. The molecule has 0 aliphatic carbocycles. The largest absolute Gasteiger partial charge is 0.325 e. The summed E-state index contributed by atoms with van der Waals surface area (Å²) in [5.74, 6) is 0.0439. The van der Waals surface area contributed by atoms with Crippen molar-refractivity contribution in [2.75, 3.05) is 28.3 Å². The van der Waals surface area contributed by atoms with Gasteiger partial charge in [-0.2, -0.15) is 16.5 Å². The quantitative estimate of drug-likeness (QED) is 0.476. The van der Waals surface area contributed by atoms with Crippen LogP contribution >= 0.6 is 11.8 Å². The third-order valence-corrected chi connectivity index (χ3v) is 7.08. The van der Waals surface area contributed by atoms with Crippen molar-refractivity contribution < 1.29 is 21.6 Å². The normalized spacial score (nSPS) is 12.9. The molecule has 0 bridgehead atoms. The zero-order valence-electron chi connectivity index (χ0n) is 17.8. The fourth-order valence-corrected chi connectivity index (χ4v) is 5.01. The summed E-state index contributed by atoms with van der Waals surface area (Å²) in [6.45, 7) is 3.59. The number of aryl methyl sites for hydroxylation is 2. The van der Waals surface area contributed by atoms with E-state index in [0.717, 1.165) is 11.8 Å². The molecule has 0 spiro atoms. The summed E-state index contributed by atoms with van der Waals surface area (Å²) in [5, 5.41) is 2.68. The van der Waals surface area contributed by atoms with Gasteiger partial charge in [0, 0.05) is 5.69 Å². The van der Waals surface area contributed by atoms with Crippen molar-refractivity contribution in [1.82, 2.24) is 4.72 Å². The van der Waals surface area contributed by atoms with Crippen LogP contribution in [0.3, 0.4) is 0 Å². The minimum Gasteiger partial charge on any atom is -0.325 e. The smallest absolute Gasteiger partial charge is 0.242 e. The number of nitrogens with one attached hydrogen (secondary N) is 3. The third kappa shape index (κ3) is 7.84. The zero-order chi connectivity index (χ0) is 23.2. The highest BCUT2D eigenvalue weighted by Crippen LogP contribution is 2.22. The molecule has 1 unspecified atom stereocenters. The molecular formula is C20H27N3O5S3. The highest BCUT2D eigenvalue weighted by Gasteiger charge is 2.25. The molecule has 1 amide bonds. The first-order chi connectivity index (χ1) is 14.4. The second-order valence-electron chi connectivity index (χ2n) is 7.16. The molecule has 1 atom stereocenters. The van der Waals surface area contributed by atoms with E-state index >= 15 is 0 Å². The number of sulfonamides is 2. The Morgan fingerprint density at radius 1 is 1.03 bits per heavy atom. The number of anilines is 2. The predicted molar refractivity (Wildman–Crippen MR) is 127 cm³/mol. The monoisotopic (exact) mass is 485 g/mol. The fraction of sp³-hybridized carbons (Fsp3) is 0.350. The molecule has 0 saturated carbocycles. The van der Waals surface area contributed by atoms with Crippen LogP contribution in [0.4, 0.5) is 11.4 Å². The molecule has 2 rings (SSSR count). The lowest BCUT2D eigenvalue weighted by Crippen LogP contribution is -2.44. The molecule has 0 aromatic heterocycles. The second kappa shape index (κ2) is 10.5. The Hall–Kier alpha value is -2.08. The van der Waals surface area contributed by atoms with Gasteiger partial charge in [-0.1, -0.05) is 23.8 Å². The Labute approximate surface area is 188 Å². The number of carbonyl (C=O) groups excluding carboxylic acids is 1. The van der Waals surface area contributed by atoms with Crippen LogP contribution in [0.2, 0.25) is 0 Å². The van der Waals surface area contributed by atoms with Crippen molar-refractivity contribution in [3.05, 3.63) is 53.6 Å². The number of amides is 1. The molecule has 31 heavy (non-hydrogen) atoms. The molecular weight excluding hydrogens is 458 g/mol. The van der Waals surface area contributed by atoms with Gasteiger partial charge in [0.1, 0.15) is 6.04 Å². The van der Waals surface area contributed by atoms with Crippen molar-refractivity contribution >= 4 is 49.1 Å². The van der Waals surface area contributed by atoms with Crippen LogP contribution in [0.5, 0.6) is 0 Å². The first-order valence-electron chi connectivity index (χ1n) is 9.38. The summed E-state index contributed by atoms with van der Waals surface area (Å²) in [4.78, 5) is 13.0. The summed E-state index contributed by atoms with van der Waals surface area (Å²) in [5.41, 5.74) is 2.29. The molecule has 11 heteroatoms. The summed E-state index contributed by atoms with van der Waals surface area (Å²) in [7, 11) is -7.38. The molecule has 2 aromatic rings. The maximum absolute atomic E-state index is 12.9. The Morgan fingerprint density at radius 2 is 1.68 bits per heavy atom. The van der Waals surface area contributed by atoms with Crippen LogP contribution in [0.25, 0.3) is 0 Å². The summed E-state index contributed by atoms with van der Waals surface area (Å²) in [6.07, 6.45) is 3.20. The Kier molecular flexibility index (Phi) is 8.52. The molecule has 2 aromatic carbocycles. The number of thioether (sulfide) groups is 1. The van der Waals surface area contributed by atoms with E-state index in [1.165, 1.54) is 30.0 Å². The number of carbonyl (C=O) groups is 1. The van der Waals surface area contributed by atoms with Gasteiger partial charge in [0.25, 0.3) is 0 Å². The van der Waals surface area contributed by atoms with Gasteiger partial charge in [-0.3, -0.25) is 9.52 Å². The van der Waals surface area contributed by atoms with E-state index in [2.05, 4.69) is 14.8 Å². The Morgan fingerprint density at radius 3 is 2.26 bits per heavy atom. The van der Waals surface area contributed by atoms with Crippen molar-refractivity contribution in [2.24, 2.45) is 0 Å². The first-order valence-corrected chi connectivity index (χ1v) is 14.2. The summed E-state index contributed by atoms with van der Waals surface area (Å²) in [6, 6.07) is 10.1. The van der Waals surface area contributed by atoms with E-state index in [4.69, 9.17) is 0 Å². The summed E-state index contributed by atoms with van der Waals surface area (Å²) < 4.78 is 53.5. The van der Waals surface area contributed by atoms with E-state index < -0.39 is 32.0 Å². The van der Waals surface area contributed by atoms with Crippen LogP contribution in [-0.2, 0) is 24.8 Å². The van der Waals surface area contributed by atoms with Gasteiger partial charge in [-0.05, 0) is 62.1 Å². The van der Waals surface area contributed by atoms with E-state index in [1.807, 2.05) is 13.2 Å². The molecule has 8 nitrogen and oxygen atoms in total. The maximum atomic E-state index is 12.9. The van der Waals surface area contributed by atoms with Gasteiger partial charge < -0.3 is 5.32 Å². The van der Waals surface area contributed by atoms with Gasteiger partial charge in [0.2, 0.25) is 26.0 Å². The SMILES string of the molecule is CSCCC(NS(=O)(=O)c1ccc(C)cc1)C(=O)Nc1ccc(C)c(NS(C)(=O)=O)c1. The van der Waals surface area contributed by atoms with Crippen molar-refractivity contribution in [2.45, 2.75) is 31.2 Å². The maximum Gasteiger partial charge on any atom is 0.242 e. The van der Waals surface area contributed by atoms with E-state index in [0.29, 0.717) is 29.1 Å². The number of hydrogen-bond acceptors (Lipinski definition) is 6. The lowest BCUT2D eigenvalue weighted by molar-refractivity contribution is -0.117. The molecule has 3 N–H and O–H groups in total. The molecule has 0 fully saturated rings. The molecule has 170 valence electrons. The second-order valence-corrected chi connectivity index (χ2v) is 11.6. The van der Waals surface area contributed by atoms with Crippen molar-refractivity contribution in [3.63, 3.8) is 0 Å². The lowest BCUT2D eigenvalue weighted by atomic mass is 10.1. The first kappa shape index (κ1) is 25.2. The number of rotatable bonds is 10. The minimum atomic E-state index is -3.89. The predicted octanol–water partition coefficient (Wildman–Crippen LogP) is 2.71. The molecule has 0 saturated heterocycles. The average molecular weight is 486 g/mol. The fourth-order valence-electron chi connectivity index (χ4n) is 2.69. The van der Waals surface area contributed by atoms with Crippen LogP contribution in [0, 0.1) is 13.8 Å². The van der Waals surface area contributed by atoms with Crippen LogP contribution in [-0.4, -0.2) is 47.0 Å². The Balaban J connectivity index is 2.23. The Bertz CT molecular complexity index is 1130. The molecule has 0 radical (unpaired) electrons. The standard InChI is InChI=1S/C20H27N3O5S3/c1-14-5-9-17(10-6-14)31(27,28)23-18(11-12-29-3)20(24)21-16-8-7-15(2)19(13-16)22-30(4,25)26/h5-10,13,18,22-23H,11-12H2,1-4H3,(H,21,24). The van der Waals surface area contributed by atoms with Crippen LogP contribution in [0.1, 0.15) is 17.5 Å². The van der Waals surface area contributed by atoms with Crippen LogP contribution in [0.15, 0.2) is 47.4 Å². The average Bonchev–Trinajstić information content (AvgIpc) is 2.67. The van der Waals surface area contributed by atoms with Crippen molar-refractivity contribution in [3.8, 4) is 0 Å². The highest BCUT2D eigenvalue weighted by molar-refractivity contribution is 7.98. The topological polar surface area (TPSA) is 121 Å². The number of benzene rings is 2. The molecule has 0 aliphatic rings. The van der Waals surface area contributed by atoms with E-state index in [9.17, 15) is 21.6 Å². The third-order valence-electron chi connectivity index (χ3n) is 4.36. The van der Waals surface area contributed by atoms with E-state index in [-0.39, 0.29) is 4.90 Å². The molecule has 0 heterocycles. The molecule has 0 aliphatic heterocycles. The van der Waals surface area contributed by atoms with Gasteiger partial charge in [-0.15, -0.1) is 0 Å². The van der Waals surface area contributed by atoms with Gasteiger partial charge in [0.05, 0.1) is 16.8 Å². The van der Waals surface area contributed by atoms with Gasteiger partial charge in [-0.25, -0.2) is 16.8 Å².